The summed E-state index contributed by atoms with van der Waals surface area (Å²) in [6.07, 6.45) is 15.9. The number of benzene rings is 2. The van der Waals surface area contributed by atoms with Crippen LogP contribution in [0.2, 0.25) is 12.6 Å². The summed E-state index contributed by atoms with van der Waals surface area (Å²) in [5, 5.41) is 57.9. The van der Waals surface area contributed by atoms with Gasteiger partial charge in [0.2, 0.25) is 0 Å². The van der Waals surface area contributed by atoms with E-state index >= 15 is 0 Å². The molecule has 0 aliphatic heterocycles. The first-order valence-electron chi connectivity index (χ1n) is 25.1. The van der Waals surface area contributed by atoms with Gasteiger partial charge in [0.05, 0.1) is 30.3 Å². The molecule has 6 N–H and O–H groups in total. The SMILES string of the molecule is CCC1CC(CCCNC2CC(C#N)CC2O)C(C)C(C)C(CCC2CCCCC(C[Si](C)(c3ccccc3)c3ccccc3)C(NC)C(O)CC2)CC(CC)C(NC)C1O. The van der Waals surface area contributed by atoms with E-state index in [0.717, 1.165) is 76.8 Å². The predicted octanol–water partition coefficient (Wildman–Crippen LogP) is 8.53. The van der Waals surface area contributed by atoms with E-state index in [9.17, 15) is 20.6 Å². The molecule has 3 fully saturated rings. The number of rotatable bonds is 16. The number of hydrogen-bond acceptors (Lipinski definition) is 7. The van der Waals surface area contributed by atoms with Gasteiger partial charge in [-0.25, -0.2) is 0 Å². The first-order chi connectivity index (χ1) is 29.5. The maximum Gasteiger partial charge on any atom is 0.115 e. The van der Waals surface area contributed by atoms with Crippen molar-refractivity contribution < 1.29 is 15.3 Å². The molecule has 0 aromatic heterocycles. The highest BCUT2D eigenvalue weighted by atomic mass is 28.3. The van der Waals surface area contributed by atoms with Gasteiger partial charge in [0.25, 0.3) is 0 Å². The van der Waals surface area contributed by atoms with Crippen LogP contribution < -0.4 is 26.3 Å². The van der Waals surface area contributed by atoms with Crippen molar-refractivity contribution in [3.8, 4) is 6.07 Å². The molecule has 2 aromatic carbocycles. The molecule has 7 nitrogen and oxygen atoms in total. The zero-order valence-electron chi connectivity index (χ0n) is 39.5. The largest absolute Gasteiger partial charge is 0.391 e. The Labute approximate surface area is 373 Å². The number of nitrogens with zero attached hydrogens (tertiary/aromatic N) is 1. The number of nitrogens with one attached hydrogen (secondary N) is 3. The average molecular weight is 857 g/mol. The van der Waals surface area contributed by atoms with Crippen LogP contribution in [0.5, 0.6) is 0 Å². The van der Waals surface area contributed by atoms with Crippen molar-refractivity contribution >= 4 is 18.4 Å². The van der Waals surface area contributed by atoms with Crippen LogP contribution in [0.25, 0.3) is 0 Å². The van der Waals surface area contributed by atoms with E-state index in [1.807, 2.05) is 0 Å². The molecule has 3 aliphatic carbocycles. The first-order valence-corrected chi connectivity index (χ1v) is 27.8. The quantitative estimate of drug-likeness (QED) is 0.0740. The highest BCUT2D eigenvalue weighted by Gasteiger charge is 2.41. The monoisotopic (exact) mass is 857 g/mol. The van der Waals surface area contributed by atoms with Gasteiger partial charge in [-0.3, -0.25) is 0 Å². The van der Waals surface area contributed by atoms with Crippen molar-refractivity contribution in [1.29, 1.82) is 5.26 Å². The molecule has 0 bridgehead atoms. The van der Waals surface area contributed by atoms with Crippen LogP contribution in [-0.4, -0.2) is 80.5 Å². The van der Waals surface area contributed by atoms with Gasteiger partial charge in [0.15, 0.2) is 0 Å². The fourth-order valence-electron chi connectivity index (χ4n) is 12.9. The maximum atomic E-state index is 12.0. The molecular weight excluding hydrogens is 769 g/mol. The van der Waals surface area contributed by atoms with E-state index in [2.05, 4.69) is 131 Å². The second-order valence-corrected chi connectivity index (χ2v) is 24.9. The maximum absolute atomic E-state index is 12.0. The van der Waals surface area contributed by atoms with Gasteiger partial charge in [-0.1, -0.05) is 144 Å². The molecule has 8 heteroatoms. The Morgan fingerprint density at radius 1 is 0.656 bits per heavy atom. The molecule has 0 spiro atoms. The minimum absolute atomic E-state index is 0.0207. The Bertz CT molecular complexity index is 1520. The summed E-state index contributed by atoms with van der Waals surface area (Å²) in [6, 6.07) is 26.1. The summed E-state index contributed by atoms with van der Waals surface area (Å²) in [5.41, 5.74) is 0. The molecule has 3 saturated carbocycles. The minimum Gasteiger partial charge on any atom is -0.391 e. The third-order valence-electron chi connectivity index (χ3n) is 17.1. The molecule has 15 unspecified atom stereocenters. The highest BCUT2D eigenvalue weighted by molar-refractivity contribution is 7.01. The van der Waals surface area contributed by atoms with E-state index in [-0.39, 0.29) is 42.2 Å². The summed E-state index contributed by atoms with van der Waals surface area (Å²) in [5.74, 6) is 3.95. The normalized spacial score (nSPS) is 35.9. The van der Waals surface area contributed by atoms with Crippen LogP contribution in [0.4, 0.5) is 0 Å². The highest BCUT2D eigenvalue weighted by Crippen LogP contribution is 2.43. The number of likely N-dealkylation sites (N-methyl/N-ethyl adjacent to an activating group) is 2. The van der Waals surface area contributed by atoms with E-state index in [0.29, 0.717) is 47.8 Å². The lowest BCUT2D eigenvalue weighted by Crippen LogP contribution is -2.58. The number of aliphatic hydroxyl groups is 3. The molecule has 15 atom stereocenters. The second kappa shape index (κ2) is 24.8. The number of nitriles is 1. The summed E-state index contributed by atoms with van der Waals surface area (Å²) < 4.78 is 0. The van der Waals surface area contributed by atoms with E-state index in [4.69, 9.17) is 0 Å². The third-order valence-corrected chi connectivity index (χ3v) is 21.7. The lowest BCUT2D eigenvalue weighted by molar-refractivity contribution is 0.00398. The molecular formula is C53H88N4O3Si. The molecule has 0 heterocycles. The second-order valence-electron chi connectivity index (χ2n) is 20.6. The first kappa shape index (κ1) is 49.9. The van der Waals surface area contributed by atoms with Crippen molar-refractivity contribution in [2.24, 2.45) is 53.3 Å². The van der Waals surface area contributed by atoms with Gasteiger partial charge in [-0.2, -0.15) is 5.26 Å². The van der Waals surface area contributed by atoms with Crippen molar-refractivity contribution in [1.82, 2.24) is 16.0 Å². The smallest absolute Gasteiger partial charge is 0.115 e. The number of hydrogen-bond donors (Lipinski definition) is 6. The lowest BCUT2D eigenvalue weighted by atomic mass is 9.65. The average Bonchev–Trinajstić information content (AvgIpc) is 3.65. The van der Waals surface area contributed by atoms with Gasteiger partial charge >= 0.3 is 0 Å². The zero-order valence-corrected chi connectivity index (χ0v) is 40.5. The Balaban J connectivity index is 1.27. The van der Waals surface area contributed by atoms with Crippen LogP contribution in [0.1, 0.15) is 130 Å². The predicted molar refractivity (Wildman–Crippen MR) is 258 cm³/mol. The van der Waals surface area contributed by atoms with Crippen LogP contribution in [0, 0.1) is 64.6 Å². The van der Waals surface area contributed by atoms with E-state index in [1.165, 1.54) is 42.5 Å². The fraction of sp³-hybridized carbons (Fsp3) is 0.755. The molecule has 61 heavy (non-hydrogen) atoms. The van der Waals surface area contributed by atoms with Crippen molar-refractivity contribution in [2.45, 2.75) is 179 Å². The van der Waals surface area contributed by atoms with E-state index in [1.54, 1.807) is 0 Å². The molecule has 0 amide bonds. The third kappa shape index (κ3) is 13.2. The number of aliphatic hydroxyl groups excluding tert-OH is 3. The molecule has 2 aromatic rings. The summed E-state index contributed by atoms with van der Waals surface area (Å²) >= 11 is 0. The summed E-state index contributed by atoms with van der Waals surface area (Å²) in [7, 11) is 2.08. The van der Waals surface area contributed by atoms with Gasteiger partial charge < -0.3 is 31.3 Å². The zero-order chi connectivity index (χ0) is 43.9. The molecule has 342 valence electrons. The molecule has 0 saturated heterocycles. The van der Waals surface area contributed by atoms with Gasteiger partial charge in [-0.15, -0.1) is 0 Å². The Kier molecular flexibility index (Phi) is 20.3. The van der Waals surface area contributed by atoms with Gasteiger partial charge in [-0.05, 0) is 138 Å². The Morgan fingerprint density at radius 3 is 1.82 bits per heavy atom. The topological polar surface area (TPSA) is 121 Å². The van der Waals surface area contributed by atoms with Crippen molar-refractivity contribution in [3.05, 3.63) is 60.7 Å². The van der Waals surface area contributed by atoms with Crippen LogP contribution in [0.15, 0.2) is 60.7 Å². The van der Waals surface area contributed by atoms with Crippen molar-refractivity contribution in [3.63, 3.8) is 0 Å². The van der Waals surface area contributed by atoms with Crippen LogP contribution in [-0.2, 0) is 0 Å². The van der Waals surface area contributed by atoms with Gasteiger partial charge in [0.1, 0.15) is 8.07 Å². The molecule has 0 radical (unpaired) electrons. The summed E-state index contributed by atoms with van der Waals surface area (Å²) in [4.78, 5) is 0. The van der Waals surface area contributed by atoms with Crippen molar-refractivity contribution in [2.75, 3.05) is 20.6 Å². The van der Waals surface area contributed by atoms with Crippen LogP contribution >= 0.6 is 0 Å². The Hall–Kier alpha value is -2.09. The molecule has 3 aliphatic rings. The minimum atomic E-state index is -2.06. The van der Waals surface area contributed by atoms with Crippen LogP contribution in [0.3, 0.4) is 0 Å². The van der Waals surface area contributed by atoms with Gasteiger partial charge in [0, 0.05) is 18.1 Å². The fourth-order valence-corrected chi connectivity index (χ4v) is 17.1. The Morgan fingerprint density at radius 2 is 1.25 bits per heavy atom. The van der Waals surface area contributed by atoms with E-state index < -0.39 is 14.2 Å². The summed E-state index contributed by atoms with van der Waals surface area (Å²) in [6.45, 7) is 13.1. The standard InChI is InChI=1S/C53H88N4O3Si/c1-8-41-33-44(38(4)37(3)43(34-42(9-2)53(60)52(41)56-6)21-18-30-57-48-31-40(35-54)32-50(48)59)28-26-39-19-16-17-20-45(51(55-5)49(58)29-27-39)36-61(7,46-22-12-10-13-23-46)47-24-14-11-15-25-47/h10-15,22-25,37-45,48-53,55-60H,8-9,16-21,26-34,36H2,1-7H3. The lowest BCUT2D eigenvalue weighted by Gasteiger charge is -2.44. The molecule has 5 rings (SSSR count).